The molecule has 1 saturated carbocycles. The average molecular weight is 373 g/mol. The zero-order valence-electron chi connectivity index (χ0n) is 15.3. The Morgan fingerprint density at radius 1 is 1.19 bits per heavy atom. The molecule has 0 amide bonds. The van der Waals surface area contributed by atoms with Crippen LogP contribution in [-0.2, 0) is 9.84 Å². The van der Waals surface area contributed by atoms with Crippen LogP contribution in [0.2, 0.25) is 0 Å². The van der Waals surface area contributed by atoms with Crippen molar-refractivity contribution in [2.45, 2.75) is 39.0 Å². The van der Waals surface area contributed by atoms with Crippen LogP contribution in [0, 0.1) is 11.2 Å². The SMILES string of the molecule is CC/C=C(\C=C/CC1=CC2(C=C(c3ccc(F)cc3)C1)CC2)S(C)(=O)=O. The predicted octanol–water partition coefficient (Wildman–Crippen LogP) is 5.60. The molecular weight excluding hydrogens is 347 g/mol. The van der Waals surface area contributed by atoms with Gasteiger partial charge in [-0.15, -0.1) is 0 Å². The van der Waals surface area contributed by atoms with Gasteiger partial charge in [-0.3, -0.25) is 0 Å². The Morgan fingerprint density at radius 3 is 2.46 bits per heavy atom. The van der Waals surface area contributed by atoms with Gasteiger partial charge < -0.3 is 0 Å². The van der Waals surface area contributed by atoms with E-state index < -0.39 is 9.84 Å². The summed E-state index contributed by atoms with van der Waals surface area (Å²) in [5, 5.41) is 0. The topological polar surface area (TPSA) is 34.1 Å². The normalized spacial score (nSPS) is 19.6. The number of allylic oxidation sites excluding steroid dienone is 7. The molecule has 0 saturated heterocycles. The Balaban J connectivity index is 1.75. The van der Waals surface area contributed by atoms with E-state index in [0.29, 0.717) is 11.3 Å². The van der Waals surface area contributed by atoms with Crippen molar-refractivity contribution in [3.05, 3.63) is 76.5 Å². The zero-order valence-corrected chi connectivity index (χ0v) is 16.2. The molecule has 0 radical (unpaired) electrons. The number of halogens is 1. The number of benzene rings is 1. The Kier molecular flexibility index (Phi) is 5.33. The van der Waals surface area contributed by atoms with Crippen molar-refractivity contribution in [2.24, 2.45) is 5.41 Å². The zero-order chi connectivity index (χ0) is 18.8. The van der Waals surface area contributed by atoms with Gasteiger partial charge in [-0.05, 0) is 61.4 Å². The number of sulfone groups is 1. The van der Waals surface area contributed by atoms with E-state index >= 15 is 0 Å². The van der Waals surface area contributed by atoms with Crippen LogP contribution in [0.3, 0.4) is 0 Å². The minimum atomic E-state index is -3.19. The summed E-state index contributed by atoms with van der Waals surface area (Å²) in [5.74, 6) is -0.221. The van der Waals surface area contributed by atoms with E-state index in [4.69, 9.17) is 0 Å². The monoisotopic (exact) mass is 372 g/mol. The van der Waals surface area contributed by atoms with Crippen LogP contribution in [0.25, 0.3) is 5.57 Å². The molecule has 0 unspecified atom stereocenters. The van der Waals surface area contributed by atoms with Crippen LogP contribution in [-0.4, -0.2) is 14.7 Å². The van der Waals surface area contributed by atoms with Gasteiger partial charge in [0.1, 0.15) is 5.82 Å². The molecule has 0 atom stereocenters. The van der Waals surface area contributed by atoms with Crippen LogP contribution in [0.15, 0.2) is 65.1 Å². The summed E-state index contributed by atoms with van der Waals surface area (Å²) < 4.78 is 36.8. The van der Waals surface area contributed by atoms with E-state index in [2.05, 4.69) is 12.2 Å². The third-order valence-corrected chi connectivity index (χ3v) is 6.07. The first-order valence-corrected chi connectivity index (χ1v) is 11.0. The number of hydrogen-bond donors (Lipinski definition) is 0. The maximum atomic E-state index is 13.2. The molecule has 3 rings (SSSR count). The molecule has 0 heterocycles. The highest BCUT2D eigenvalue weighted by molar-refractivity contribution is 7.94. The molecule has 2 nitrogen and oxygen atoms in total. The molecule has 0 N–H and O–H groups in total. The van der Waals surface area contributed by atoms with Gasteiger partial charge in [-0.1, -0.05) is 48.9 Å². The van der Waals surface area contributed by atoms with Crippen molar-refractivity contribution in [3.8, 4) is 0 Å². The third-order valence-electron chi connectivity index (χ3n) is 4.91. The standard InChI is InChI=1S/C22H25FO2S/c1-3-5-21(26(2,24)25)7-4-6-17-14-19(16-22(15-17)12-13-22)18-8-10-20(23)11-9-18/h4-5,7-11,15-16H,3,6,12-14H2,1-2H3/b7-4-,21-5+. The smallest absolute Gasteiger partial charge is 0.175 e. The predicted molar refractivity (Wildman–Crippen MR) is 106 cm³/mol. The highest BCUT2D eigenvalue weighted by Crippen LogP contribution is 2.54. The summed E-state index contributed by atoms with van der Waals surface area (Å²) in [5.41, 5.74) is 3.75. The second-order valence-electron chi connectivity index (χ2n) is 7.28. The summed E-state index contributed by atoms with van der Waals surface area (Å²) in [7, 11) is -3.19. The van der Waals surface area contributed by atoms with Gasteiger partial charge in [0, 0.05) is 11.7 Å². The van der Waals surface area contributed by atoms with Crippen molar-refractivity contribution < 1.29 is 12.8 Å². The molecule has 1 aromatic carbocycles. The average Bonchev–Trinajstić information content (AvgIpc) is 3.31. The molecule has 0 aromatic heterocycles. The maximum Gasteiger partial charge on any atom is 0.175 e. The lowest BCUT2D eigenvalue weighted by Crippen LogP contribution is -2.03. The van der Waals surface area contributed by atoms with Crippen molar-refractivity contribution >= 4 is 15.4 Å². The lowest BCUT2D eigenvalue weighted by Gasteiger charge is -2.20. The molecular formula is C22H25FO2S. The second kappa shape index (κ2) is 7.36. The molecule has 1 spiro atoms. The first-order chi connectivity index (χ1) is 12.3. The van der Waals surface area contributed by atoms with E-state index in [1.165, 1.54) is 29.5 Å². The summed E-state index contributed by atoms with van der Waals surface area (Å²) in [6.07, 6.45) is 15.9. The van der Waals surface area contributed by atoms with Gasteiger partial charge in [0.25, 0.3) is 0 Å². The van der Waals surface area contributed by atoms with E-state index in [9.17, 15) is 12.8 Å². The minimum Gasteiger partial charge on any atom is -0.224 e. The van der Waals surface area contributed by atoms with Crippen LogP contribution >= 0.6 is 0 Å². The highest BCUT2D eigenvalue weighted by atomic mass is 32.2. The molecule has 0 aliphatic heterocycles. The summed E-state index contributed by atoms with van der Waals surface area (Å²) in [6, 6.07) is 6.67. The molecule has 2 aliphatic rings. The van der Waals surface area contributed by atoms with Gasteiger partial charge in [-0.2, -0.15) is 0 Å². The van der Waals surface area contributed by atoms with Crippen molar-refractivity contribution in [1.82, 2.24) is 0 Å². The largest absolute Gasteiger partial charge is 0.224 e. The quantitative estimate of drug-likeness (QED) is 0.481. The first-order valence-electron chi connectivity index (χ1n) is 9.06. The molecule has 4 heteroatoms. The van der Waals surface area contributed by atoms with E-state index in [0.717, 1.165) is 31.2 Å². The van der Waals surface area contributed by atoms with Crippen molar-refractivity contribution in [2.75, 3.05) is 6.26 Å². The minimum absolute atomic E-state index is 0.157. The highest BCUT2D eigenvalue weighted by Gasteiger charge is 2.40. The number of hydrogen-bond acceptors (Lipinski definition) is 2. The van der Waals surface area contributed by atoms with Gasteiger partial charge >= 0.3 is 0 Å². The van der Waals surface area contributed by atoms with Gasteiger partial charge in [0.05, 0.1) is 4.91 Å². The van der Waals surface area contributed by atoms with Crippen molar-refractivity contribution in [3.63, 3.8) is 0 Å². The Bertz CT molecular complexity index is 896. The molecule has 2 aliphatic carbocycles. The molecule has 138 valence electrons. The number of rotatable bonds is 6. The van der Waals surface area contributed by atoms with E-state index in [1.54, 1.807) is 12.2 Å². The van der Waals surface area contributed by atoms with Gasteiger partial charge in [0.2, 0.25) is 0 Å². The maximum absolute atomic E-state index is 13.2. The summed E-state index contributed by atoms with van der Waals surface area (Å²) >= 11 is 0. The van der Waals surface area contributed by atoms with Crippen LogP contribution in [0.5, 0.6) is 0 Å². The Hall–Kier alpha value is -1.94. The summed E-state index contributed by atoms with van der Waals surface area (Å²) in [4.78, 5) is 0.381. The fourth-order valence-corrected chi connectivity index (χ4v) is 4.24. The van der Waals surface area contributed by atoms with Crippen LogP contribution in [0.1, 0.15) is 44.6 Å². The van der Waals surface area contributed by atoms with E-state index in [1.807, 2.05) is 25.1 Å². The van der Waals surface area contributed by atoms with Gasteiger partial charge in [0.15, 0.2) is 9.84 Å². The lowest BCUT2D eigenvalue weighted by molar-refractivity contribution is 0.608. The van der Waals surface area contributed by atoms with E-state index in [-0.39, 0.29) is 11.2 Å². The van der Waals surface area contributed by atoms with Crippen molar-refractivity contribution in [1.29, 1.82) is 0 Å². The van der Waals surface area contributed by atoms with Crippen LogP contribution in [0.4, 0.5) is 4.39 Å². The fraction of sp³-hybridized carbons (Fsp3) is 0.364. The first kappa shape index (κ1) is 18.8. The molecule has 26 heavy (non-hydrogen) atoms. The molecule has 0 bridgehead atoms. The second-order valence-corrected chi connectivity index (χ2v) is 9.30. The van der Waals surface area contributed by atoms with Crippen LogP contribution < -0.4 is 0 Å². The third kappa shape index (κ3) is 4.61. The fourth-order valence-electron chi connectivity index (χ4n) is 3.43. The van der Waals surface area contributed by atoms with Gasteiger partial charge in [-0.25, -0.2) is 12.8 Å². The Labute approximate surface area is 155 Å². The Morgan fingerprint density at radius 2 is 1.88 bits per heavy atom. The molecule has 1 fully saturated rings. The lowest BCUT2D eigenvalue weighted by atomic mass is 9.84. The molecule has 1 aromatic rings. The summed E-state index contributed by atoms with van der Waals surface area (Å²) in [6.45, 7) is 1.93.